The molecule has 2 aromatic rings. The molecule has 0 saturated carbocycles. The van der Waals surface area contributed by atoms with Gasteiger partial charge in [-0.2, -0.15) is 0 Å². The van der Waals surface area contributed by atoms with Crippen molar-refractivity contribution in [1.82, 2.24) is 15.5 Å². The Morgan fingerprint density at radius 2 is 1.72 bits per heavy atom. The third-order valence-electron chi connectivity index (χ3n) is 5.38. The van der Waals surface area contributed by atoms with Gasteiger partial charge >= 0.3 is 12.0 Å². The number of methoxy groups -OCH3 is 3. The average molecular weight is 440 g/mol. The maximum absolute atomic E-state index is 12.8. The van der Waals surface area contributed by atoms with Gasteiger partial charge in [0.2, 0.25) is 0 Å². The molecule has 8 nitrogen and oxygen atoms in total. The molecule has 0 aliphatic carbocycles. The number of nitrogens with zero attached hydrogens (tertiary/aromatic N) is 1. The van der Waals surface area contributed by atoms with Gasteiger partial charge in [0, 0.05) is 18.8 Å². The Morgan fingerprint density at radius 3 is 2.34 bits per heavy atom. The molecule has 1 atom stereocenters. The number of rotatable bonds is 9. The molecule has 8 heteroatoms. The fraction of sp³-hybridized carbons (Fsp3) is 0.333. The summed E-state index contributed by atoms with van der Waals surface area (Å²) in [6.45, 7) is 3.83. The molecule has 1 heterocycles. The van der Waals surface area contributed by atoms with Gasteiger partial charge in [-0.1, -0.05) is 43.3 Å². The molecule has 0 fully saturated rings. The van der Waals surface area contributed by atoms with Crippen molar-refractivity contribution >= 4 is 12.0 Å². The zero-order valence-electron chi connectivity index (χ0n) is 18.8. The molecular weight excluding hydrogens is 410 g/mol. The maximum Gasteiger partial charge on any atom is 0.338 e. The van der Waals surface area contributed by atoms with Crippen LogP contribution in [0.5, 0.6) is 11.5 Å². The van der Waals surface area contributed by atoms with E-state index in [0.29, 0.717) is 41.4 Å². The van der Waals surface area contributed by atoms with Crippen LogP contribution >= 0.6 is 0 Å². The summed E-state index contributed by atoms with van der Waals surface area (Å²) in [6, 6.07) is 14.2. The van der Waals surface area contributed by atoms with Gasteiger partial charge < -0.3 is 24.8 Å². The van der Waals surface area contributed by atoms with Gasteiger partial charge in [0.15, 0.2) is 11.5 Å². The minimum atomic E-state index is -0.693. The monoisotopic (exact) mass is 439 g/mol. The number of hydrogen-bond acceptors (Lipinski definition) is 6. The summed E-state index contributed by atoms with van der Waals surface area (Å²) in [5, 5.41) is 5.65. The molecule has 0 unspecified atom stereocenters. The first-order valence-corrected chi connectivity index (χ1v) is 10.4. The van der Waals surface area contributed by atoms with Crippen LogP contribution in [0.3, 0.4) is 0 Å². The molecule has 170 valence electrons. The van der Waals surface area contributed by atoms with E-state index in [2.05, 4.69) is 15.5 Å². The van der Waals surface area contributed by atoms with Crippen molar-refractivity contribution in [1.29, 1.82) is 0 Å². The van der Waals surface area contributed by atoms with E-state index in [1.807, 2.05) is 37.3 Å². The van der Waals surface area contributed by atoms with E-state index < -0.39 is 12.0 Å². The SMILES string of the molecule is CCN(CC1=C(C(=O)OC)[C@@H](c2ccc(OC)c(OC)c2)NC(=O)N1)Cc1ccccc1. The molecule has 3 rings (SSSR count). The lowest BCUT2D eigenvalue weighted by atomic mass is 9.94. The number of nitrogens with one attached hydrogen (secondary N) is 2. The van der Waals surface area contributed by atoms with Gasteiger partial charge in [-0.25, -0.2) is 9.59 Å². The van der Waals surface area contributed by atoms with Crippen molar-refractivity contribution in [3.05, 3.63) is 70.9 Å². The predicted molar refractivity (Wildman–Crippen MR) is 120 cm³/mol. The summed E-state index contributed by atoms with van der Waals surface area (Å²) < 4.78 is 15.8. The van der Waals surface area contributed by atoms with Crippen molar-refractivity contribution in [2.24, 2.45) is 0 Å². The van der Waals surface area contributed by atoms with Gasteiger partial charge in [0.25, 0.3) is 0 Å². The van der Waals surface area contributed by atoms with Gasteiger partial charge in [0.05, 0.1) is 32.9 Å². The quantitative estimate of drug-likeness (QED) is 0.584. The normalized spacial score (nSPS) is 15.8. The molecule has 1 aliphatic heterocycles. The smallest absolute Gasteiger partial charge is 0.338 e. The molecule has 2 amide bonds. The molecule has 0 saturated heterocycles. The second-order valence-corrected chi connectivity index (χ2v) is 7.32. The second kappa shape index (κ2) is 10.7. The maximum atomic E-state index is 12.8. The van der Waals surface area contributed by atoms with E-state index in [1.54, 1.807) is 25.3 Å². The average Bonchev–Trinajstić information content (AvgIpc) is 2.82. The van der Waals surface area contributed by atoms with Crippen LogP contribution in [0.15, 0.2) is 59.8 Å². The summed E-state index contributed by atoms with van der Waals surface area (Å²) in [5.74, 6) is 0.547. The van der Waals surface area contributed by atoms with Crippen LogP contribution in [0, 0.1) is 0 Å². The number of hydrogen-bond donors (Lipinski definition) is 2. The zero-order valence-corrected chi connectivity index (χ0v) is 18.8. The van der Waals surface area contributed by atoms with Crippen LogP contribution in [0.4, 0.5) is 4.79 Å². The molecule has 0 aromatic heterocycles. The molecule has 2 aromatic carbocycles. The van der Waals surface area contributed by atoms with E-state index in [0.717, 1.165) is 12.1 Å². The number of carbonyl (C=O) groups is 2. The van der Waals surface area contributed by atoms with Crippen molar-refractivity contribution in [2.75, 3.05) is 34.4 Å². The minimum Gasteiger partial charge on any atom is -0.493 e. The molecule has 32 heavy (non-hydrogen) atoms. The summed E-state index contributed by atoms with van der Waals surface area (Å²) in [5.41, 5.74) is 2.69. The topological polar surface area (TPSA) is 89.1 Å². The molecule has 0 spiro atoms. The van der Waals surface area contributed by atoms with Crippen LogP contribution in [-0.4, -0.2) is 51.3 Å². The lowest BCUT2D eigenvalue weighted by molar-refractivity contribution is -0.136. The van der Waals surface area contributed by atoms with E-state index in [4.69, 9.17) is 14.2 Å². The minimum absolute atomic E-state index is 0.353. The molecule has 0 bridgehead atoms. The highest BCUT2D eigenvalue weighted by molar-refractivity contribution is 5.95. The van der Waals surface area contributed by atoms with Gasteiger partial charge in [-0.3, -0.25) is 4.90 Å². The fourth-order valence-corrected chi connectivity index (χ4v) is 3.72. The summed E-state index contributed by atoms with van der Waals surface area (Å²) in [6.07, 6.45) is 0. The number of urea groups is 1. The number of amides is 2. The Balaban J connectivity index is 1.99. The van der Waals surface area contributed by atoms with E-state index in [1.165, 1.54) is 14.2 Å². The third-order valence-corrected chi connectivity index (χ3v) is 5.38. The Bertz CT molecular complexity index is 990. The van der Waals surface area contributed by atoms with Crippen LogP contribution in [0.25, 0.3) is 0 Å². The Hall–Kier alpha value is -3.52. The van der Waals surface area contributed by atoms with Gasteiger partial charge in [-0.15, -0.1) is 0 Å². The van der Waals surface area contributed by atoms with Crippen molar-refractivity contribution in [3.8, 4) is 11.5 Å². The number of carbonyl (C=O) groups excluding carboxylic acids is 2. The van der Waals surface area contributed by atoms with E-state index in [-0.39, 0.29) is 6.03 Å². The van der Waals surface area contributed by atoms with Crippen molar-refractivity contribution in [2.45, 2.75) is 19.5 Å². The van der Waals surface area contributed by atoms with Crippen molar-refractivity contribution < 1.29 is 23.8 Å². The first-order valence-electron chi connectivity index (χ1n) is 10.4. The predicted octanol–water partition coefficient (Wildman–Crippen LogP) is 3.01. The highest BCUT2D eigenvalue weighted by Crippen LogP contribution is 2.34. The largest absolute Gasteiger partial charge is 0.493 e. The van der Waals surface area contributed by atoms with Crippen LogP contribution < -0.4 is 20.1 Å². The molecule has 1 aliphatic rings. The summed E-state index contributed by atoms with van der Waals surface area (Å²) >= 11 is 0. The highest BCUT2D eigenvalue weighted by atomic mass is 16.5. The molecule has 2 N–H and O–H groups in total. The summed E-state index contributed by atoms with van der Waals surface area (Å²) in [4.78, 5) is 27.5. The Labute approximate surface area is 188 Å². The molecule has 0 radical (unpaired) electrons. The summed E-state index contributed by atoms with van der Waals surface area (Å²) in [7, 11) is 4.41. The number of esters is 1. The second-order valence-electron chi connectivity index (χ2n) is 7.32. The van der Waals surface area contributed by atoms with E-state index >= 15 is 0 Å². The number of ether oxygens (including phenoxy) is 3. The van der Waals surface area contributed by atoms with Crippen LogP contribution in [-0.2, 0) is 16.1 Å². The van der Waals surface area contributed by atoms with Crippen LogP contribution in [0.2, 0.25) is 0 Å². The number of benzene rings is 2. The lowest BCUT2D eigenvalue weighted by Crippen LogP contribution is -2.48. The Morgan fingerprint density at radius 1 is 1.00 bits per heavy atom. The third kappa shape index (κ3) is 5.20. The Kier molecular flexibility index (Phi) is 7.72. The fourth-order valence-electron chi connectivity index (χ4n) is 3.72. The first-order chi connectivity index (χ1) is 15.5. The number of likely N-dealkylation sites (N-methyl/N-ethyl adjacent to an activating group) is 1. The van der Waals surface area contributed by atoms with E-state index in [9.17, 15) is 9.59 Å². The van der Waals surface area contributed by atoms with Gasteiger partial charge in [-0.05, 0) is 29.8 Å². The van der Waals surface area contributed by atoms with Crippen molar-refractivity contribution in [3.63, 3.8) is 0 Å². The zero-order chi connectivity index (χ0) is 23.1. The first kappa shape index (κ1) is 23.1. The standard InChI is InChI=1S/C24H29N3O5/c1-5-27(14-16-9-7-6-8-10-16)15-18-21(23(28)32-4)22(26-24(29)25-18)17-11-12-19(30-2)20(13-17)31-3/h6-13,22H,5,14-15H2,1-4H3,(H2,25,26,29)/t22-/m1/s1. The van der Waals surface area contributed by atoms with Gasteiger partial charge in [0.1, 0.15) is 0 Å². The highest BCUT2D eigenvalue weighted by Gasteiger charge is 2.34. The molecular formula is C24H29N3O5. The van der Waals surface area contributed by atoms with Crippen LogP contribution in [0.1, 0.15) is 24.1 Å². The lowest BCUT2D eigenvalue weighted by Gasteiger charge is -2.32.